The molecule has 1 aliphatic heterocycles. The first kappa shape index (κ1) is 24.7. The number of aromatic nitrogens is 3. The third-order valence-corrected chi connectivity index (χ3v) is 6.77. The van der Waals surface area contributed by atoms with Gasteiger partial charge < -0.3 is 9.47 Å². The fourth-order valence-electron chi connectivity index (χ4n) is 3.76. The number of halogens is 1. The molecule has 3 aromatic rings. The Kier molecular flexibility index (Phi) is 7.37. The molecule has 4 rings (SSSR count). The molecule has 9 nitrogen and oxygen atoms in total. The lowest BCUT2D eigenvalue weighted by molar-refractivity contribution is 0.0771. The largest absolute Gasteiger partial charge is 0.474 e. The molecular weight excluding hydrogens is 475 g/mol. The maximum Gasteiger partial charge on any atom is 0.229 e. The molecule has 0 saturated carbocycles. The van der Waals surface area contributed by atoms with Crippen LogP contribution in [0.25, 0.3) is 0 Å². The van der Waals surface area contributed by atoms with E-state index < -0.39 is 20.5 Å². The highest BCUT2D eigenvalue weighted by Gasteiger charge is 2.25. The number of carbonyl (C=O) groups excluding carboxylic acids is 1. The van der Waals surface area contributed by atoms with E-state index in [0.717, 1.165) is 6.26 Å². The summed E-state index contributed by atoms with van der Waals surface area (Å²) in [5.74, 6) is -0.893. The van der Waals surface area contributed by atoms with E-state index in [2.05, 4.69) is 19.9 Å². The highest BCUT2D eigenvalue weighted by molar-refractivity contribution is 7.90. The summed E-state index contributed by atoms with van der Waals surface area (Å²) in [5, 5.41) is 0. The number of rotatable bonds is 8. The van der Waals surface area contributed by atoms with Gasteiger partial charge in [-0.05, 0) is 44.0 Å². The van der Waals surface area contributed by atoms with Crippen LogP contribution in [-0.2, 0) is 9.84 Å². The number of sulfone groups is 1. The fraction of sp³-hybridized carbons (Fsp3) is 0.333. The van der Waals surface area contributed by atoms with Crippen molar-refractivity contribution in [2.24, 2.45) is 0 Å². The quantitative estimate of drug-likeness (QED) is 0.430. The van der Waals surface area contributed by atoms with Gasteiger partial charge in [-0.1, -0.05) is 12.1 Å². The summed E-state index contributed by atoms with van der Waals surface area (Å²) in [6, 6.07) is 9.17. The first-order chi connectivity index (χ1) is 16.7. The number of pyridine rings is 1. The van der Waals surface area contributed by atoms with E-state index in [9.17, 15) is 17.6 Å². The third kappa shape index (κ3) is 5.98. The van der Waals surface area contributed by atoms with Gasteiger partial charge in [0, 0.05) is 25.5 Å². The van der Waals surface area contributed by atoms with Crippen LogP contribution in [0.1, 0.15) is 28.9 Å². The minimum atomic E-state index is -3.75. The van der Waals surface area contributed by atoms with E-state index >= 15 is 0 Å². The minimum Gasteiger partial charge on any atom is -0.474 e. The highest BCUT2D eigenvalue weighted by Crippen LogP contribution is 2.32. The summed E-state index contributed by atoms with van der Waals surface area (Å²) in [6.45, 7) is 3.34. The Morgan fingerprint density at radius 2 is 1.83 bits per heavy atom. The van der Waals surface area contributed by atoms with Crippen LogP contribution in [0.2, 0.25) is 0 Å². The Hall–Kier alpha value is -3.44. The molecule has 1 aromatic carbocycles. The molecule has 3 heterocycles. The van der Waals surface area contributed by atoms with Crippen molar-refractivity contribution < 1.29 is 27.1 Å². The number of piperidine rings is 1. The molecule has 11 heteroatoms. The minimum absolute atomic E-state index is 0.0226. The second-order valence-electron chi connectivity index (χ2n) is 8.28. The number of likely N-dealkylation sites (tertiary alicyclic amines) is 1. The van der Waals surface area contributed by atoms with Gasteiger partial charge in [0.1, 0.15) is 23.0 Å². The van der Waals surface area contributed by atoms with Crippen molar-refractivity contribution in [2.75, 3.05) is 25.9 Å². The first-order valence-electron chi connectivity index (χ1n) is 11.0. The summed E-state index contributed by atoms with van der Waals surface area (Å²) in [4.78, 5) is 26.3. The summed E-state index contributed by atoms with van der Waals surface area (Å²) in [7, 11) is -3.75. The van der Waals surface area contributed by atoms with Gasteiger partial charge in [0.25, 0.3) is 0 Å². The predicted molar refractivity (Wildman–Crippen MR) is 125 cm³/mol. The summed E-state index contributed by atoms with van der Waals surface area (Å²) >= 11 is 0. The highest BCUT2D eigenvalue weighted by atomic mass is 32.2. The Balaban J connectivity index is 1.38. The topological polar surface area (TPSA) is 112 Å². The Labute approximate surface area is 202 Å². The number of ether oxygens (including phenoxy) is 2. The maximum absolute atomic E-state index is 14.7. The van der Waals surface area contributed by atoms with E-state index in [-0.39, 0.29) is 23.5 Å². The molecule has 0 atom stereocenters. The lowest BCUT2D eigenvalue weighted by atomic mass is 10.1. The van der Waals surface area contributed by atoms with Crippen molar-refractivity contribution in [3.8, 4) is 17.5 Å². The van der Waals surface area contributed by atoms with E-state index in [1.807, 2.05) is 0 Å². The molecule has 35 heavy (non-hydrogen) atoms. The Morgan fingerprint density at radius 1 is 1.09 bits per heavy atom. The van der Waals surface area contributed by atoms with Crippen LogP contribution >= 0.6 is 0 Å². The number of nitrogens with zero attached hydrogens (tertiary/aromatic N) is 4. The first-order valence-corrected chi connectivity index (χ1v) is 12.9. The van der Waals surface area contributed by atoms with Gasteiger partial charge >= 0.3 is 0 Å². The maximum atomic E-state index is 14.7. The van der Waals surface area contributed by atoms with Crippen molar-refractivity contribution in [3.05, 3.63) is 66.0 Å². The van der Waals surface area contributed by atoms with Crippen LogP contribution in [0, 0.1) is 12.7 Å². The average Bonchev–Trinajstić information content (AvgIpc) is 2.84. The van der Waals surface area contributed by atoms with Gasteiger partial charge in [-0.3, -0.25) is 14.7 Å². The van der Waals surface area contributed by atoms with Gasteiger partial charge in [0.05, 0.1) is 12.1 Å². The van der Waals surface area contributed by atoms with Crippen LogP contribution in [0.15, 0.2) is 53.8 Å². The number of benzene rings is 1. The zero-order valence-electron chi connectivity index (χ0n) is 19.3. The smallest absolute Gasteiger partial charge is 0.229 e. The van der Waals surface area contributed by atoms with E-state index in [0.29, 0.717) is 49.6 Å². The lowest BCUT2D eigenvalue weighted by Gasteiger charge is -2.31. The van der Waals surface area contributed by atoms with Crippen LogP contribution in [0.4, 0.5) is 4.39 Å². The molecule has 0 amide bonds. The molecule has 0 unspecified atom stereocenters. The van der Waals surface area contributed by atoms with Crippen LogP contribution < -0.4 is 9.47 Å². The molecule has 1 fully saturated rings. The standard InChI is InChI=1S/C24H25FN4O5S/c1-16-23(27-15-28-24(16)34-20-7-5-8-21(22(20)25)35(2,31)32)33-17-9-12-29(13-10-17)14-19(30)18-6-3-4-11-26-18/h3-8,11,15,17H,9-10,12-14H2,1-2H3. The van der Waals surface area contributed by atoms with Gasteiger partial charge in [0.2, 0.25) is 11.8 Å². The lowest BCUT2D eigenvalue weighted by Crippen LogP contribution is -2.41. The van der Waals surface area contributed by atoms with Gasteiger partial charge in [-0.2, -0.15) is 0 Å². The molecule has 0 radical (unpaired) electrons. The Morgan fingerprint density at radius 3 is 2.51 bits per heavy atom. The monoisotopic (exact) mass is 500 g/mol. The number of hydrogen-bond donors (Lipinski definition) is 0. The SMILES string of the molecule is Cc1c(Oc2cccc(S(C)(=O)=O)c2F)ncnc1OC1CCN(CC(=O)c2ccccn2)CC1. The van der Waals surface area contributed by atoms with Crippen molar-refractivity contribution in [3.63, 3.8) is 0 Å². The molecule has 0 N–H and O–H groups in total. The van der Waals surface area contributed by atoms with Crippen molar-refractivity contribution in [1.29, 1.82) is 0 Å². The molecule has 2 aromatic heterocycles. The summed E-state index contributed by atoms with van der Waals surface area (Å²) in [5.41, 5.74) is 0.915. The third-order valence-electron chi connectivity index (χ3n) is 5.66. The van der Waals surface area contributed by atoms with Crippen LogP contribution in [-0.4, -0.2) is 66.0 Å². The van der Waals surface area contributed by atoms with Crippen LogP contribution in [0.5, 0.6) is 17.5 Å². The number of carbonyl (C=O) groups is 1. The van der Waals surface area contributed by atoms with Crippen molar-refractivity contribution >= 4 is 15.6 Å². The number of hydrogen-bond acceptors (Lipinski definition) is 9. The molecule has 0 spiro atoms. The summed E-state index contributed by atoms with van der Waals surface area (Å²) in [6.07, 6.45) is 5.04. The summed E-state index contributed by atoms with van der Waals surface area (Å²) < 4.78 is 49.9. The fourth-order valence-corrected chi connectivity index (χ4v) is 4.51. The van der Waals surface area contributed by atoms with Crippen LogP contribution in [0.3, 0.4) is 0 Å². The van der Waals surface area contributed by atoms with E-state index in [1.165, 1.54) is 24.5 Å². The molecule has 1 saturated heterocycles. The predicted octanol–water partition coefficient (Wildman–Crippen LogP) is 3.24. The van der Waals surface area contributed by atoms with E-state index in [1.54, 1.807) is 31.3 Å². The van der Waals surface area contributed by atoms with Crippen molar-refractivity contribution in [1.82, 2.24) is 19.9 Å². The second-order valence-corrected chi connectivity index (χ2v) is 10.3. The molecule has 0 bridgehead atoms. The molecular formula is C24H25FN4O5S. The second kappa shape index (κ2) is 10.4. The zero-order valence-corrected chi connectivity index (χ0v) is 20.2. The van der Waals surface area contributed by atoms with Gasteiger partial charge in [-0.15, -0.1) is 0 Å². The molecule has 184 valence electrons. The Bertz CT molecular complexity index is 1310. The average molecular weight is 501 g/mol. The van der Waals surface area contributed by atoms with Gasteiger partial charge in [0.15, 0.2) is 27.2 Å². The zero-order chi connectivity index (χ0) is 25.0. The normalized spacial score (nSPS) is 15.1. The number of ketones is 1. The van der Waals surface area contributed by atoms with Crippen molar-refractivity contribution in [2.45, 2.75) is 30.8 Å². The van der Waals surface area contributed by atoms with E-state index in [4.69, 9.17) is 9.47 Å². The number of Topliss-reactive ketones (excluding diaryl/α,β-unsaturated/α-hetero) is 1. The molecule has 0 aliphatic carbocycles. The molecule has 1 aliphatic rings. The van der Waals surface area contributed by atoms with Gasteiger partial charge in [-0.25, -0.2) is 22.8 Å².